The van der Waals surface area contributed by atoms with Crippen LogP contribution in [0, 0.1) is 6.92 Å². The second kappa shape index (κ2) is 9.08. The number of halogens is 3. The van der Waals surface area contributed by atoms with Crippen LogP contribution in [0.2, 0.25) is 10.0 Å². The Labute approximate surface area is 204 Å². The van der Waals surface area contributed by atoms with Gasteiger partial charge in [0.25, 0.3) is 0 Å². The molecule has 164 valence electrons. The molecule has 4 aromatic rings. The van der Waals surface area contributed by atoms with Crippen molar-refractivity contribution < 1.29 is 4.74 Å². The van der Waals surface area contributed by atoms with Gasteiger partial charge in [0.15, 0.2) is 0 Å². The van der Waals surface area contributed by atoms with Crippen LogP contribution in [0.4, 0.5) is 0 Å². The van der Waals surface area contributed by atoms with E-state index in [9.17, 15) is 0 Å². The van der Waals surface area contributed by atoms with Gasteiger partial charge in [-0.3, -0.25) is 0 Å². The van der Waals surface area contributed by atoms with E-state index in [4.69, 9.17) is 39.2 Å². The van der Waals surface area contributed by atoms with Gasteiger partial charge in [-0.15, -0.1) is 0 Å². The third-order valence-electron chi connectivity index (χ3n) is 6.07. The van der Waals surface area contributed by atoms with Crippen LogP contribution < -0.4 is 20.7 Å². The van der Waals surface area contributed by atoms with Crippen molar-refractivity contribution in [2.75, 3.05) is 7.11 Å². The minimum atomic E-state index is -3.54. The maximum absolute atomic E-state index is 8.16. The zero-order valence-electron chi connectivity index (χ0n) is 17.9. The van der Waals surface area contributed by atoms with Crippen LogP contribution in [0.5, 0.6) is 5.75 Å². The van der Waals surface area contributed by atoms with Crippen molar-refractivity contribution in [3.63, 3.8) is 0 Å². The summed E-state index contributed by atoms with van der Waals surface area (Å²) in [5.74, 6) is -2.87. The molecule has 32 heavy (non-hydrogen) atoms. The first kappa shape index (κ1) is 23.1. The fraction of sp³-hybridized carbons (Fsp3) is 0.111. The number of rotatable bonds is 6. The molecule has 0 aromatic heterocycles. The first-order valence-electron chi connectivity index (χ1n) is 10.3. The average Bonchev–Trinajstić information content (AvgIpc) is 2.85. The fourth-order valence-corrected chi connectivity index (χ4v) is 11.2. The summed E-state index contributed by atoms with van der Waals surface area (Å²) in [7, 11) is 1.62. The topological polar surface area (TPSA) is 9.23 Å². The number of ether oxygens (including phenoxy) is 1. The fourth-order valence-electron chi connectivity index (χ4n) is 4.34. The number of hydrogen-bond acceptors (Lipinski definition) is 1. The molecule has 4 rings (SSSR count). The van der Waals surface area contributed by atoms with E-state index in [-0.39, 0.29) is 0 Å². The molecule has 0 bridgehead atoms. The predicted molar refractivity (Wildman–Crippen MR) is 142 cm³/mol. The van der Waals surface area contributed by atoms with Gasteiger partial charge in [0, 0.05) is 0 Å². The van der Waals surface area contributed by atoms with E-state index in [1.807, 2.05) is 67.6 Å². The first-order valence-corrected chi connectivity index (χ1v) is 14.4. The Morgan fingerprint density at radius 3 is 1.50 bits per heavy atom. The molecule has 5 heteroatoms. The van der Waals surface area contributed by atoms with E-state index >= 15 is 0 Å². The molecule has 0 atom stereocenters. The third kappa shape index (κ3) is 3.72. The van der Waals surface area contributed by atoms with Gasteiger partial charge in [0.1, 0.15) is 0 Å². The Hall–Kier alpha value is -2.02. The van der Waals surface area contributed by atoms with Crippen LogP contribution in [-0.2, 0) is 6.16 Å². The molecule has 1 nitrogen and oxygen atoms in total. The molecule has 0 saturated carbocycles. The summed E-state index contributed by atoms with van der Waals surface area (Å²) in [6.07, 6.45) is 0.480. The molecule has 0 saturated heterocycles. The zero-order chi connectivity index (χ0) is 22.8. The summed E-state index contributed by atoms with van der Waals surface area (Å²) in [6.45, 7) is 1.94. The van der Waals surface area contributed by atoms with E-state index in [0.29, 0.717) is 22.0 Å². The summed E-state index contributed by atoms with van der Waals surface area (Å²) in [5.41, 5.74) is 1.68. The molecule has 0 amide bonds. The number of methoxy groups -OCH3 is 1. The monoisotopic (exact) mass is 500 g/mol. The van der Waals surface area contributed by atoms with E-state index in [1.54, 1.807) is 7.11 Å². The van der Waals surface area contributed by atoms with E-state index in [2.05, 4.69) is 36.4 Å². The Morgan fingerprint density at radius 1 is 0.719 bits per heavy atom. The molecule has 4 aromatic carbocycles. The Bertz CT molecular complexity index is 1130. The van der Waals surface area contributed by atoms with Gasteiger partial charge in [0.2, 0.25) is 0 Å². The Kier molecular flexibility index (Phi) is 6.57. The zero-order valence-corrected chi connectivity index (χ0v) is 21.1. The van der Waals surface area contributed by atoms with Crippen molar-refractivity contribution in [3.05, 3.63) is 118 Å². The molecule has 0 aliphatic heterocycles. The molecular weight excluding hydrogens is 478 g/mol. The second-order valence-corrected chi connectivity index (χ2v) is 15.1. The van der Waals surface area contributed by atoms with Gasteiger partial charge in [-0.25, -0.2) is 0 Å². The molecule has 0 fully saturated rings. The van der Waals surface area contributed by atoms with Crippen molar-refractivity contribution in [2.45, 2.75) is 13.1 Å². The van der Waals surface area contributed by atoms with Crippen LogP contribution in [-0.4, -0.2) is 7.11 Å². The molecule has 0 radical (unpaired) electrons. The van der Waals surface area contributed by atoms with Crippen LogP contribution >= 0.6 is 40.4 Å². The van der Waals surface area contributed by atoms with Crippen molar-refractivity contribution in [3.8, 4) is 5.75 Å². The quantitative estimate of drug-likeness (QED) is 0.249. The summed E-state index contributed by atoms with van der Waals surface area (Å²) in [5, 5.41) is 4.34. The van der Waals surface area contributed by atoms with Crippen molar-refractivity contribution in [1.82, 2.24) is 0 Å². The molecule has 0 N–H and O–H groups in total. The van der Waals surface area contributed by atoms with E-state index < -0.39 is 5.96 Å². The summed E-state index contributed by atoms with van der Waals surface area (Å²) in [4.78, 5) is 0. The summed E-state index contributed by atoms with van der Waals surface area (Å²) < 4.78 is 5.48. The molecular formula is C27H24Cl3OP. The normalized spacial score (nSPS) is 12.7. The SMILES string of the molecule is COc1cc(Cl)c(CP(Cl)(c2ccccc2)(c2ccccc2)c2ccccc2)c(Cl)c1C. The molecule has 0 spiro atoms. The van der Waals surface area contributed by atoms with Crippen LogP contribution in [0.3, 0.4) is 0 Å². The van der Waals surface area contributed by atoms with Gasteiger partial charge < -0.3 is 0 Å². The standard InChI is InChI=1S/C27H24Cl3OP/c1-20-26(31-2)18-25(28)24(27(20)29)19-32(30,21-12-6-3-7-13-21,22-14-8-4-9-15-22)23-16-10-5-11-17-23/h3-18H,19H2,1-2H3. The van der Waals surface area contributed by atoms with Crippen LogP contribution in [0.1, 0.15) is 11.1 Å². The third-order valence-corrected chi connectivity index (χ3v) is 14.1. The van der Waals surface area contributed by atoms with Crippen molar-refractivity contribution in [1.29, 1.82) is 0 Å². The molecule has 0 heterocycles. The molecule has 0 unspecified atom stereocenters. The molecule has 0 aliphatic rings. The van der Waals surface area contributed by atoms with E-state index in [1.165, 1.54) is 0 Å². The van der Waals surface area contributed by atoms with E-state index in [0.717, 1.165) is 27.0 Å². The van der Waals surface area contributed by atoms with Gasteiger partial charge in [-0.2, -0.15) is 0 Å². The van der Waals surface area contributed by atoms with Gasteiger partial charge in [-0.1, -0.05) is 0 Å². The second-order valence-electron chi connectivity index (χ2n) is 7.83. The summed E-state index contributed by atoms with van der Waals surface area (Å²) in [6, 6.07) is 32.8. The Morgan fingerprint density at radius 2 is 1.12 bits per heavy atom. The van der Waals surface area contributed by atoms with Crippen molar-refractivity contribution >= 4 is 56.3 Å². The van der Waals surface area contributed by atoms with Crippen molar-refractivity contribution in [2.24, 2.45) is 0 Å². The molecule has 0 aliphatic carbocycles. The van der Waals surface area contributed by atoms with Gasteiger partial charge in [-0.05, 0) is 0 Å². The Balaban J connectivity index is 2.12. The predicted octanol–water partition coefficient (Wildman–Crippen LogP) is 7.49. The number of benzene rings is 4. The van der Waals surface area contributed by atoms with Gasteiger partial charge in [0.05, 0.1) is 0 Å². The van der Waals surface area contributed by atoms with Crippen LogP contribution in [0.15, 0.2) is 97.1 Å². The first-order chi connectivity index (χ1) is 15.4. The van der Waals surface area contributed by atoms with Gasteiger partial charge >= 0.3 is 205 Å². The number of hydrogen-bond donors (Lipinski definition) is 0. The average molecular weight is 502 g/mol. The minimum absolute atomic E-state index is 0.480. The summed E-state index contributed by atoms with van der Waals surface area (Å²) >= 11 is 21.9. The maximum atomic E-state index is 8.16. The van der Waals surface area contributed by atoms with Crippen LogP contribution in [0.25, 0.3) is 0 Å².